The lowest BCUT2D eigenvalue weighted by atomic mass is 9.91. The van der Waals surface area contributed by atoms with Gasteiger partial charge in [-0.15, -0.1) is 0 Å². The summed E-state index contributed by atoms with van der Waals surface area (Å²) in [4.78, 5) is 0. The fourth-order valence-electron chi connectivity index (χ4n) is 9.88. The van der Waals surface area contributed by atoms with Crippen molar-refractivity contribution in [3.05, 3.63) is 188 Å². The molecule has 0 N–H and O–H groups in total. The molecular weight excluding hydrogens is 663 g/mol. The third-order valence-electron chi connectivity index (χ3n) is 12.4. The molecule has 1 nitrogen and oxygen atoms in total. The molecule has 13 rings (SSSR count). The van der Waals surface area contributed by atoms with Crippen LogP contribution in [-0.2, 0) is 0 Å². The van der Waals surface area contributed by atoms with E-state index in [0.29, 0.717) is 0 Å². The maximum atomic E-state index is 2.48. The molecule has 0 saturated heterocycles. The number of aromatic nitrogens is 1. The van der Waals surface area contributed by atoms with Crippen LogP contribution >= 0.6 is 0 Å². The summed E-state index contributed by atoms with van der Waals surface area (Å²) in [5.41, 5.74) is 8.56. The van der Waals surface area contributed by atoms with Gasteiger partial charge in [-0.25, -0.2) is 0 Å². The van der Waals surface area contributed by atoms with Gasteiger partial charge in [0.25, 0.3) is 0 Å². The Labute approximate surface area is 316 Å². The van der Waals surface area contributed by atoms with E-state index in [9.17, 15) is 0 Å². The van der Waals surface area contributed by atoms with Crippen molar-refractivity contribution in [2.45, 2.75) is 0 Å². The minimum absolute atomic E-state index is 1.17. The second kappa shape index (κ2) is 10.7. The zero-order chi connectivity index (χ0) is 35.8. The summed E-state index contributed by atoms with van der Waals surface area (Å²) in [6.07, 6.45) is 0. The van der Waals surface area contributed by atoms with Crippen LogP contribution in [-0.4, -0.2) is 4.57 Å². The summed E-state index contributed by atoms with van der Waals surface area (Å²) in [7, 11) is 0. The Balaban J connectivity index is 1.02. The zero-order valence-electron chi connectivity index (χ0n) is 29.8. The summed E-state index contributed by atoms with van der Waals surface area (Å²) in [6, 6.07) is 70.5. The maximum Gasteiger partial charge on any atom is 0.0619 e. The molecule has 1 heterocycles. The SMILES string of the molecule is c1ccc(-n2c3cc(-c4cc5ccc6cccc7ccc(c4)c5c67)ccc3c3ccc4cc(-c5cc6ccc7cccc8ccc(c5)c6c78)ccc4c32)cc1. The van der Waals surface area contributed by atoms with Crippen LogP contribution in [0.1, 0.15) is 0 Å². The van der Waals surface area contributed by atoms with E-state index in [1.807, 2.05) is 0 Å². The van der Waals surface area contributed by atoms with Crippen LogP contribution in [0.3, 0.4) is 0 Å². The summed E-state index contributed by atoms with van der Waals surface area (Å²) < 4.78 is 2.48. The van der Waals surface area contributed by atoms with E-state index in [0.717, 1.165) is 0 Å². The van der Waals surface area contributed by atoms with Crippen molar-refractivity contribution in [2.24, 2.45) is 0 Å². The molecule has 1 heteroatoms. The quantitative estimate of drug-likeness (QED) is 0.162. The molecule has 1 aromatic heterocycles. The van der Waals surface area contributed by atoms with Gasteiger partial charge in [-0.1, -0.05) is 140 Å². The first-order chi connectivity index (χ1) is 27.2. The summed E-state index contributed by atoms with van der Waals surface area (Å²) in [6.45, 7) is 0. The van der Waals surface area contributed by atoms with Gasteiger partial charge in [-0.2, -0.15) is 0 Å². The second-order valence-corrected chi connectivity index (χ2v) is 15.3. The molecule has 0 fully saturated rings. The maximum absolute atomic E-state index is 2.48. The van der Waals surface area contributed by atoms with Gasteiger partial charge in [0.15, 0.2) is 0 Å². The third-order valence-corrected chi connectivity index (χ3v) is 12.4. The molecule has 12 aromatic carbocycles. The molecule has 252 valence electrons. The highest BCUT2D eigenvalue weighted by Gasteiger charge is 2.18. The Morgan fingerprint density at radius 1 is 0.255 bits per heavy atom. The standard InChI is InChI=1S/C54H31N/c1-2-10-45(11-3-1)55-49-31-37(44-29-41-18-14-34-8-5-9-35-15-19-42(30-44)53(41)51(34)35)21-24-47(49)48-25-22-38-26-36(20-23-46(38)54(48)55)43-27-39-16-12-32-6-4-7-33-13-17-40(28-43)52(39)50(32)33/h1-31H. The molecule has 0 atom stereocenters. The molecule has 0 saturated carbocycles. The molecule has 0 aliphatic heterocycles. The van der Waals surface area contributed by atoms with Gasteiger partial charge in [0, 0.05) is 21.8 Å². The van der Waals surface area contributed by atoms with Crippen molar-refractivity contribution >= 4 is 97.2 Å². The van der Waals surface area contributed by atoms with Crippen LogP contribution in [0.2, 0.25) is 0 Å². The summed E-state index contributed by atoms with van der Waals surface area (Å²) in [5.74, 6) is 0. The zero-order valence-corrected chi connectivity index (χ0v) is 29.8. The van der Waals surface area contributed by atoms with Gasteiger partial charge >= 0.3 is 0 Å². The number of rotatable bonds is 3. The average Bonchev–Trinajstić information content (AvgIpc) is 3.58. The van der Waals surface area contributed by atoms with E-state index in [4.69, 9.17) is 0 Å². The lowest BCUT2D eigenvalue weighted by Crippen LogP contribution is -1.94. The van der Waals surface area contributed by atoms with Crippen LogP contribution in [0.15, 0.2) is 188 Å². The predicted molar refractivity (Wildman–Crippen MR) is 237 cm³/mol. The van der Waals surface area contributed by atoms with E-state index < -0.39 is 0 Å². The Kier molecular flexibility index (Phi) is 5.69. The highest BCUT2D eigenvalue weighted by molar-refractivity contribution is 6.25. The molecule has 0 aliphatic rings. The van der Waals surface area contributed by atoms with Crippen molar-refractivity contribution < 1.29 is 0 Å². The monoisotopic (exact) mass is 693 g/mol. The van der Waals surface area contributed by atoms with E-state index in [-0.39, 0.29) is 0 Å². The van der Waals surface area contributed by atoms with E-state index in [1.165, 1.54) is 125 Å². The normalized spacial score (nSPS) is 12.4. The average molecular weight is 694 g/mol. The first-order valence-electron chi connectivity index (χ1n) is 19.2. The fraction of sp³-hybridized carbons (Fsp3) is 0. The molecule has 0 aliphatic carbocycles. The molecule has 0 bridgehead atoms. The van der Waals surface area contributed by atoms with E-state index >= 15 is 0 Å². The van der Waals surface area contributed by atoms with Crippen LogP contribution < -0.4 is 0 Å². The molecular formula is C54H31N. The van der Waals surface area contributed by atoms with Crippen molar-refractivity contribution in [1.29, 1.82) is 0 Å². The Bertz CT molecular complexity index is 3570. The topological polar surface area (TPSA) is 4.93 Å². The Morgan fingerprint density at radius 2 is 0.673 bits per heavy atom. The van der Waals surface area contributed by atoms with Gasteiger partial charge in [-0.3, -0.25) is 0 Å². The smallest absolute Gasteiger partial charge is 0.0619 e. The Morgan fingerprint density at radius 3 is 1.22 bits per heavy atom. The van der Waals surface area contributed by atoms with Crippen LogP contribution in [0, 0.1) is 0 Å². The van der Waals surface area contributed by atoms with Crippen LogP contribution in [0.25, 0.3) is 125 Å². The molecule has 13 aromatic rings. The van der Waals surface area contributed by atoms with Gasteiger partial charge < -0.3 is 4.57 Å². The molecule has 0 radical (unpaired) electrons. The van der Waals surface area contributed by atoms with Crippen molar-refractivity contribution in [1.82, 2.24) is 4.57 Å². The largest absolute Gasteiger partial charge is 0.309 e. The van der Waals surface area contributed by atoms with Crippen LogP contribution in [0.5, 0.6) is 0 Å². The number of para-hydroxylation sites is 1. The lowest BCUT2D eigenvalue weighted by molar-refractivity contribution is 1.19. The number of nitrogens with zero attached hydrogens (tertiary/aromatic N) is 1. The second-order valence-electron chi connectivity index (χ2n) is 15.3. The van der Waals surface area contributed by atoms with Crippen molar-refractivity contribution in [3.63, 3.8) is 0 Å². The number of benzene rings is 12. The fourth-order valence-corrected chi connectivity index (χ4v) is 9.88. The molecule has 55 heavy (non-hydrogen) atoms. The van der Waals surface area contributed by atoms with Crippen LogP contribution in [0.4, 0.5) is 0 Å². The van der Waals surface area contributed by atoms with Gasteiger partial charge in [0.1, 0.15) is 0 Å². The minimum Gasteiger partial charge on any atom is -0.309 e. The van der Waals surface area contributed by atoms with E-state index in [1.54, 1.807) is 0 Å². The number of fused-ring (bicyclic) bond motifs is 5. The number of hydrogen-bond acceptors (Lipinski definition) is 0. The summed E-state index contributed by atoms with van der Waals surface area (Å²) >= 11 is 0. The minimum atomic E-state index is 1.17. The van der Waals surface area contributed by atoms with Gasteiger partial charge in [0.2, 0.25) is 0 Å². The number of hydrogen-bond donors (Lipinski definition) is 0. The highest BCUT2D eigenvalue weighted by Crippen LogP contribution is 2.43. The summed E-state index contributed by atoms with van der Waals surface area (Å²) in [5, 5.41) is 20.8. The first-order valence-corrected chi connectivity index (χ1v) is 19.2. The lowest BCUT2D eigenvalue weighted by Gasteiger charge is -2.14. The predicted octanol–water partition coefficient (Wildman–Crippen LogP) is 15.1. The highest BCUT2D eigenvalue weighted by atomic mass is 15.0. The Hall–Kier alpha value is -7.22. The molecule has 0 unspecified atom stereocenters. The molecule has 0 spiro atoms. The van der Waals surface area contributed by atoms with E-state index in [2.05, 4.69) is 193 Å². The van der Waals surface area contributed by atoms with Gasteiger partial charge in [0.05, 0.1) is 11.0 Å². The van der Waals surface area contributed by atoms with Gasteiger partial charge in [-0.05, 0) is 141 Å². The van der Waals surface area contributed by atoms with Crippen molar-refractivity contribution in [2.75, 3.05) is 0 Å². The third kappa shape index (κ3) is 4.07. The first kappa shape index (κ1) is 29.3. The van der Waals surface area contributed by atoms with Crippen molar-refractivity contribution in [3.8, 4) is 27.9 Å². The molecule has 0 amide bonds.